The second-order valence-corrected chi connectivity index (χ2v) is 5.95. The number of aromatic nitrogens is 6. The summed E-state index contributed by atoms with van der Waals surface area (Å²) in [7, 11) is 2.09. The van der Waals surface area contributed by atoms with Crippen molar-refractivity contribution in [3.63, 3.8) is 0 Å². The lowest BCUT2D eigenvalue weighted by atomic mass is 10.1. The van der Waals surface area contributed by atoms with Gasteiger partial charge >= 0.3 is 0 Å². The number of rotatable bonds is 5. The van der Waals surface area contributed by atoms with Crippen LogP contribution < -0.4 is 0 Å². The average Bonchev–Trinajstić information content (AvgIpc) is 3.17. The predicted octanol–water partition coefficient (Wildman–Crippen LogP) is 2.44. The third kappa shape index (κ3) is 3.36. The minimum absolute atomic E-state index is 0.503. The Bertz CT molecular complexity index is 976. The largest absolute Gasteiger partial charge is 0.298 e. The molecule has 0 bridgehead atoms. The average molecular weight is 331 g/mol. The number of tetrazole rings is 1. The van der Waals surface area contributed by atoms with Crippen molar-refractivity contribution in [2.75, 3.05) is 7.05 Å². The third-order valence-corrected chi connectivity index (χ3v) is 4.01. The van der Waals surface area contributed by atoms with Crippen molar-refractivity contribution in [1.82, 2.24) is 35.5 Å². The van der Waals surface area contributed by atoms with Crippen LogP contribution in [0.4, 0.5) is 0 Å². The van der Waals surface area contributed by atoms with E-state index in [2.05, 4.69) is 66.8 Å². The molecule has 0 aliphatic carbocycles. The molecule has 0 saturated heterocycles. The number of H-pyrrole nitrogens is 1. The van der Waals surface area contributed by atoms with Crippen molar-refractivity contribution < 1.29 is 0 Å². The smallest absolute Gasteiger partial charge is 0.222 e. The maximum Gasteiger partial charge on any atom is 0.222 e. The first kappa shape index (κ1) is 15.3. The molecule has 3 heterocycles. The normalized spacial score (nSPS) is 11.3. The Labute approximate surface area is 144 Å². The zero-order valence-electron chi connectivity index (χ0n) is 13.8. The zero-order valence-corrected chi connectivity index (χ0v) is 13.8. The second-order valence-electron chi connectivity index (χ2n) is 5.95. The monoisotopic (exact) mass is 331 g/mol. The van der Waals surface area contributed by atoms with Crippen LogP contribution in [-0.2, 0) is 13.1 Å². The van der Waals surface area contributed by atoms with Crippen LogP contribution >= 0.6 is 0 Å². The molecule has 4 rings (SSSR count). The van der Waals surface area contributed by atoms with Gasteiger partial charge < -0.3 is 0 Å². The van der Waals surface area contributed by atoms with Crippen molar-refractivity contribution >= 4 is 10.9 Å². The SMILES string of the molecule is CN(Cc1ccnc(-c2nn[nH]n2)c1)Cc1cccc2cccnc12. The van der Waals surface area contributed by atoms with Gasteiger partial charge in [0.1, 0.15) is 5.69 Å². The molecule has 0 radical (unpaired) electrons. The van der Waals surface area contributed by atoms with Gasteiger partial charge in [0.15, 0.2) is 0 Å². The molecule has 0 aliphatic heterocycles. The quantitative estimate of drug-likeness (QED) is 0.605. The van der Waals surface area contributed by atoms with Gasteiger partial charge in [0.05, 0.1) is 5.52 Å². The van der Waals surface area contributed by atoms with E-state index in [1.807, 2.05) is 24.4 Å². The Balaban J connectivity index is 1.52. The molecule has 0 saturated carbocycles. The Morgan fingerprint density at radius 2 is 1.92 bits per heavy atom. The maximum absolute atomic E-state index is 4.53. The van der Waals surface area contributed by atoms with Crippen LogP contribution in [0.2, 0.25) is 0 Å². The van der Waals surface area contributed by atoms with Crippen LogP contribution in [0.1, 0.15) is 11.1 Å². The minimum atomic E-state index is 0.503. The van der Waals surface area contributed by atoms with E-state index in [-0.39, 0.29) is 0 Å². The maximum atomic E-state index is 4.53. The number of nitrogens with zero attached hydrogens (tertiary/aromatic N) is 6. The van der Waals surface area contributed by atoms with Crippen molar-refractivity contribution in [3.05, 3.63) is 66.0 Å². The molecular formula is C18H17N7. The number of pyridine rings is 2. The van der Waals surface area contributed by atoms with E-state index >= 15 is 0 Å². The number of nitrogens with one attached hydrogen (secondary N) is 1. The summed E-state index contributed by atoms with van der Waals surface area (Å²) in [4.78, 5) is 11.1. The van der Waals surface area contributed by atoms with Gasteiger partial charge in [0.2, 0.25) is 5.82 Å². The minimum Gasteiger partial charge on any atom is -0.298 e. The summed E-state index contributed by atoms with van der Waals surface area (Å²) >= 11 is 0. The van der Waals surface area contributed by atoms with Crippen molar-refractivity contribution in [2.24, 2.45) is 0 Å². The first-order valence-corrected chi connectivity index (χ1v) is 7.99. The van der Waals surface area contributed by atoms with Gasteiger partial charge in [-0.1, -0.05) is 24.3 Å². The Kier molecular flexibility index (Phi) is 4.14. The van der Waals surface area contributed by atoms with Crippen molar-refractivity contribution in [1.29, 1.82) is 0 Å². The number of hydrogen-bond donors (Lipinski definition) is 1. The van der Waals surface area contributed by atoms with E-state index in [1.165, 1.54) is 5.56 Å². The molecule has 0 spiro atoms. The van der Waals surface area contributed by atoms with Gasteiger partial charge in [0, 0.05) is 30.9 Å². The van der Waals surface area contributed by atoms with Crippen LogP contribution in [0.15, 0.2) is 54.9 Å². The fourth-order valence-electron chi connectivity index (χ4n) is 2.92. The number of hydrogen-bond acceptors (Lipinski definition) is 6. The molecule has 7 heteroatoms. The fraction of sp³-hybridized carbons (Fsp3) is 0.167. The first-order chi connectivity index (χ1) is 12.3. The topological polar surface area (TPSA) is 83.5 Å². The molecular weight excluding hydrogens is 314 g/mol. The molecule has 124 valence electrons. The highest BCUT2D eigenvalue weighted by molar-refractivity contribution is 5.81. The van der Waals surface area contributed by atoms with Crippen LogP contribution in [-0.4, -0.2) is 42.5 Å². The van der Waals surface area contributed by atoms with E-state index in [1.54, 1.807) is 6.20 Å². The van der Waals surface area contributed by atoms with Gasteiger partial charge in [0.25, 0.3) is 0 Å². The summed E-state index contributed by atoms with van der Waals surface area (Å²) in [6.45, 7) is 1.60. The summed E-state index contributed by atoms with van der Waals surface area (Å²) in [6.07, 6.45) is 3.61. The first-order valence-electron chi connectivity index (χ1n) is 7.99. The zero-order chi connectivity index (χ0) is 17.1. The number of aromatic amines is 1. The lowest BCUT2D eigenvalue weighted by Crippen LogP contribution is -2.17. The summed E-state index contributed by atoms with van der Waals surface area (Å²) in [6, 6.07) is 14.3. The lowest BCUT2D eigenvalue weighted by Gasteiger charge is -2.18. The molecule has 4 aromatic rings. The van der Waals surface area contributed by atoms with Crippen LogP contribution in [0.3, 0.4) is 0 Å². The Hall–Kier alpha value is -3.19. The molecule has 3 aromatic heterocycles. The van der Waals surface area contributed by atoms with E-state index in [4.69, 9.17) is 0 Å². The second kappa shape index (κ2) is 6.74. The molecule has 0 fully saturated rings. The molecule has 1 N–H and O–H groups in total. The van der Waals surface area contributed by atoms with Gasteiger partial charge in [-0.25, -0.2) is 0 Å². The Morgan fingerprint density at radius 3 is 2.80 bits per heavy atom. The van der Waals surface area contributed by atoms with Gasteiger partial charge in [-0.15, -0.1) is 10.2 Å². The summed E-state index contributed by atoms with van der Waals surface area (Å²) in [5.41, 5.74) is 4.13. The fourth-order valence-corrected chi connectivity index (χ4v) is 2.92. The molecule has 25 heavy (non-hydrogen) atoms. The van der Waals surface area contributed by atoms with Crippen molar-refractivity contribution in [2.45, 2.75) is 13.1 Å². The van der Waals surface area contributed by atoms with Crippen LogP contribution in [0.5, 0.6) is 0 Å². The van der Waals surface area contributed by atoms with E-state index < -0.39 is 0 Å². The number of para-hydroxylation sites is 1. The predicted molar refractivity (Wildman–Crippen MR) is 94.3 cm³/mol. The Morgan fingerprint density at radius 1 is 1.00 bits per heavy atom. The summed E-state index contributed by atoms with van der Waals surface area (Å²) in [5.74, 6) is 0.503. The standard InChI is InChI=1S/C18H17N7/c1-25(12-15-5-2-4-14-6-3-8-20-17(14)15)11-13-7-9-19-16(10-13)18-21-23-24-22-18/h2-10H,11-12H2,1H3,(H,21,22,23,24). The van der Waals surface area contributed by atoms with Crippen molar-refractivity contribution in [3.8, 4) is 11.5 Å². The van der Waals surface area contributed by atoms with Crippen LogP contribution in [0.25, 0.3) is 22.4 Å². The highest BCUT2D eigenvalue weighted by Crippen LogP contribution is 2.19. The van der Waals surface area contributed by atoms with Gasteiger partial charge in [-0.05, 0) is 41.6 Å². The molecule has 0 amide bonds. The molecule has 1 aromatic carbocycles. The lowest BCUT2D eigenvalue weighted by molar-refractivity contribution is 0.320. The van der Waals surface area contributed by atoms with E-state index in [0.717, 1.165) is 29.6 Å². The van der Waals surface area contributed by atoms with E-state index in [0.29, 0.717) is 11.5 Å². The van der Waals surface area contributed by atoms with E-state index in [9.17, 15) is 0 Å². The highest BCUT2D eigenvalue weighted by atomic mass is 15.5. The van der Waals surface area contributed by atoms with Crippen LogP contribution in [0, 0.1) is 0 Å². The molecule has 0 atom stereocenters. The summed E-state index contributed by atoms with van der Waals surface area (Å²) in [5, 5.41) is 15.1. The highest BCUT2D eigenvalue weighted by Gasteiger charge is 2.09. The van der Waals surface area contributed by atoms with Gasteiger partial charge in [-0.3, -0.25) is 14.9 Å². The number of benzene rings is 1. The third-order valence-electron chi connectivity index (χ3n) is 4.01. The molecule has 0 unspecified atom stereocenters. The summed E-state index contributed by atoms with van der Waals surface area (Å²) < 4.78 is 0. The molecule has 7 nitrogen and oxygen atoms in total. The number of fused-ring (bicyclic) bond motifs is 1. The van der Waals surface area contributed by atoms with Gasteiger partial charge in [-0.2, -0.15) is 5.21 Å². The molecule has 0 aliphatic rings.